The third-order valence-corrected chi connectivity index (χ3v) is 5.16. The zero-order valence-corrected chi connectivity index (χ0v) is 12.7. The summed E-state index contributed by atoms with van der Waals surface area (Å²) in [6.45, 7) is 0. The normalized spacial score (nSPS) is 17.7. The van der Waals surface area contributed by atoms with Gasteiger partial charge in [-0.25, -0.2) is 12.8 Å². The Kier molecular flexibility index (Phi) is 3.97. The predicted molar refractivity (Wildman–Crippen MR) is 73.8 cm³/mol. The van der Waals surface area contributed by atoms with Crippen LogP contribution in [0.15, 0.2) is 17.0 Å². The molecule has 0 bridgehead atoms. The fourth-order valence-corrected chi connectivity index (χ4v) is 3.94. The van der Waals surface area contributed by atoms with E-state index < -0.39 is 31.9 Å². The van der Waals surface area contributed by atoms with Crippen LogP contribution in [0.3, 0.4) is 0 Å². The van der Waals surface area contributed by atoms with Gasteiger partial charge in [-0.1, -0.05) is 18.9 Å². The Bertz CT molecular complexity index is 675. The molecule has 0 heterocycles. The number of hydrogen-bond donors (Lipinski definition) is 1. The molecule has 1 fully saturated rings. The number of ether oxygens (including phenoxy) is 1. The highest BCUT2D eigenvalue weighted by Gasteiger charge is 2.46. The second-order valence-corrected chi connectivity index (χ2v) is 7.28. The Morgan fingerprint density at radius 2 is 1.90 bits per heavy atom. The SMILES string of the molecule is COc1ccc(C2(C(=O)O)CCCC2)c(F)c1S(C)(=O)=O. The van der Waals surface area contributed by atoms with E-state index in [2.05, 4.69) is 0 Å². The quantitative estimate of drug-likeness (QED) is 0.920. The molecule has 2 rings (SSSR count). The molecular formula is C14H17FO5S. The zero-order valence-electron chi connectivity index (χ0n) is 11.8. The first-order chi connectivity index (χ1) is 9.74. The van der Waals surface area contributed by atoms with E-state index in [1.165, 1.54) is 19.2 Å². The van der Waals surface area contributed by atoms with E-state index >= 15 is 0 Å². The van der Waals surface area contributed by atoms with Crippen LogP contribution in [0.1, 0.15) is 31.2 Å². The minimum atomic E-state index is -3.87. The number of benzene rings is 1. The van der Waals surface area contributed by atoms with Crippen molar-refractivity contribution < 1.29 is 27.4 Å². The maximum atomic E-state index is 14.8. The Morgan fingerprint density at radius 3 is 2.33 bits per heavy atom. The van der Waals surface area contributed by atoms with Crippen LogP contribution in [0.5, 0.6) is 5.75 Å². The van der Waals surface area contributed by atoms with Gasteiger partial charge in [0.1, 0.15) is 16.5 Å². The van der Waals surface area contributed by atoms with Crippen LogP contribution in [-0.4, -0.2) is 32.9 Å². The third-order valence-electron chi connectivity index (χ3n) is 4.03. The number of rotatable bonds is 4. The van der Waals surface area contributed by atoms with Gasteiger partial charge in [-0.3, -0.25) is 4.79 Å². The van der Waals surface area contributed by atoms with Gasteiger partial charge in [0, 0.05) is 11.8 Å². The van der Waals surface area contributed by atoms with Crippen molar-refractivity contribution in [1.29, 1.82) is 0 Å². The molecule has 21 heavy (non-hydrogen) atoms. The molecule has 0 aromatic heterocycles. The van der Waals surface area contributed by atoms with Gasteiger partial charge >= 0.3 is 5.97 Å². The van der Waals surface area contributed by atoms with Crippen LogP contribution in [0.2, 0.25) is 0 Å². The number of carboxylic acid groups (broad SMARTS) is 1. The molecule has 1 N–H and O–H groups in total. The first-order valence-electron chi connectivity index (χ1n) is 6.54. The Balaban J connectivity index is 2.75. The third kappa shape index (κ3) is 2.50. The van der Waals surface area contributed by atoms with E-state index in [1.807, 2.05) is 0 Å². The predicted octanol–water partition coefficient (Wildman–Crippen LogP) is 2.13. The summed E-state index contributed by atoms with van der Waals surface area (Å²) in [6.07, 6.45) is 2.82. The average molecular weight is 316 g/mol. The largest absolute Gasteiger partial charge is 0.495 e. The Hall–Kier alpha value is -1.63. The highest BCUT2D eigenvalue weighted by atomic mass is 32.2. The van der Waals surface area contributed by atoms with E-state index in [9.17, 15) is 22.7 Å². The number of methoxy groups -OCH3 is 1. The highest BCUT2D eigenvalue weighted by Crippen LogP contribution is 2.44. The summed E-state index contributed by atoms with van der Waals surface area (Å²) in [7, 11) is -2.63. The van der Waals surface area contributed by atoms with Gasteiger partial charge in [-0.2, -0.15) is 0 Å². The zero-order chi connectivity index (χ0) is 15.8. The molecular weight excluding hydrogens is 299 g/mol. The number of hydrogen-bond acceptors (Lipinski definition) is 4. The first kappa shape index (κ1) is 15.8. The van der Waals surface area contributed by atoms with Crippen LogP contribution < -0.4 is 4.74 Å². The van der Waals surface area contributed by atoms with Crippen LogP contribution in [0, 0.1) is 5.82 Å². The second-order valence-electron chi connectivity index (χ2n) is 5.33. The molecule has 0 saturated heterocycles. The van der Waals surface area contributed by atoms with E-state index in [1.54, 1.807) is 0 Å². The van der Waals surface area contributed by atoms with Crippen molar-refractivity contribution in [1.82, 2.24) is 0 Å². The molecule has 1 aromatic carbocycles. The number of carboxylic acids is 1. The molecule has 0 radical (unpaired) electrons. The van der Waals surface area contributed by atoms with Crippen molar-refractivity contribution in [2.24, 2.45) is 0 Å². The van der Waals surface area contributed by atoms with E-state index in [-0.39, 0.29) is 11.3 Å². The van der Waals surface area contributed by atoms with Gasteiger partial charge < -0.3 is 9.84 Å². The van der Waals surface area contributed by atoms with Gasteiger partial charge in [0.15, 0.2) is 9.84 Å². The second kappa shape index (κ2) is 5.29. The molecule has 5 nitrogen and oxygen atoms in total. The topological polar surface area (TPSA) is 80.7 Å². The maximum absolute atomic E-state index is 14.8. The number of carbonyl (C=O) groups is 1. The summed E-state index contributed by atoms with van der Waals surface area (Å²) in [5.74, 6) is -2.25. The molecule has 0 aliphatic heterocycles. The highest BCUT2D eigenvalue weighted by molar-refractivity contribution is 7.90. The lowest BCUT2D eigenvalue weighted by Gasteiger charge is -2.26. The molecule has 0 unspecified atom stereocenters. The summed E-state index contributed by atoms with van der Waals surface area (Å²) in [5, 5.41) is 9.51. The summed E-state index contributed by atoms with van der Waals surface area (Å²) < 4.78 is 43.3. The van der Waals surface area contributed by atoms with Gasteiger partial charge in [0.2, 0.25) is 0 Å². The number of sulfone groups is 1. The molecule has 0 amide bonds. The molecule has 7 heteroatoms. The van der Waals surface area contributed by atoms with Gasteiger partial charge in [-0.05, 0) is 18.9 Å². The summed E-state index contributed by atoms with van der Waals surface area (Å²) in [6, 6.07) is 2.64. The van der Waals surface area contributed by atoms with E-state index in [0.29, 0.717) is 25.7 Å². The summed E-state index contributed by atoms with van der Waals surface area (Å²) in [4.78, 5) is 11.1. The molecule has 0 atom stereocenters. The smallest absolute Gasteiger partial charge is 0.314 e. The molecule has 1 aliphatic carbocycles. The van der Waals surface area contributed by atoms with Crippen LogP contribution in [0.4, 0.5) is 4.39 Å². The first-order valence-corrected chi connectivity index (χ1v) is 8.43. The summed E-state index contributed by atoms with van der Waals surface area (Å²) >= 11 is 0. The van der Waals surface area contributed by atoms with E-state index in [4.69, 9.17) is 4.74 Å². The van der Waals surface area contributed by atoms with E-state index in [0.717, 1.165) is 6.26 Å². The fourth-order valence-electron chi connectivity index (χ4n) is 2.99. The standard InChI is InChI=1S/C14H17FO5S/c1-20-10-6-5-9(11(15)12(10)21(2,18)19)14(13(16)17)7-3-4-8-14/h5-6H,3-4,7-8H2,1-2H3,(H,16,17). The summed E-state index contributed by atoms with van der Waals surface area (Å²) in [5.41, 5.74) is -1.43. The number of aliphatic carboxylic acids is 1. The average Bonchev–Trinajstić information content (AvgIpc) is 2.87. The molecule has 0 spiro atoms. The lowest BCUT2D eigenvalue weighted by Crippen LogP contribution is -2.34. The minimum Gasteiger partial charge on any atom is -0.495 e. The van der Waals surface area contributed by atoms with Crippen molar-refractivity contribution in [3.05, 3.63) is 23.5 Å². The van der Waals surface area contributed by atoms with Gasteiger partial charge in [-0.15, -0.1) is 0 Å². The van der Waals surface area contributed by atoms with Crippen molar-refractivity contribution in [2.45, 2.75) is 36.0 Å². The van der Waals surface area contributed by atoms with Crippen LogP contribution in [0.25, 0.3) is 0 Å². The monoisotopic (exact) mass is 316 g/mol. The van der Waals surface area contributed by atoms with Crippen molar-refractivity contribution >= 4 is 15.8 Å². The van der Waals surface area contributed by atoms with Gasteiger partial charge in [0.25, 0.3) is 0 Å². The van der Waals surface area contributed by atoms with Crippen LogP contribution >= 0.6 is 0 Å². The molecule has 1 saturated carbocycles. The molecule has 1 aromatic rings. The van der Waals surface area contributed by atoms with Gasteiger partial charge in [0.05, 0.1) is 12.5 Å². The lowest BCUT2D eigenvalue weighted by molar-refractivity contribution is -0.143. The maximum Gasteiger partial charge on any atom is 0.314 e. The van der Waals surface area contributed by atoms with Crippen LogP contribution in [-0.2, 0) is 20.0 Å². The number of halogens is 1. The van der Waals surface area contributed by atoms with Crippen molar-refractivity contribution in [3.8, 4) is 5.75 Å². The molecule has 1 aliphatic rings. The molecule has 116 valence electrons. The lowest BCUT2D eigenvalue weighted by atomic mass is 9.78. The minimum absolute atomic E-state index is 0.0753. The fraction of sp³-hybridized carbons (Fsp3) is 0.500. The Morgan fingerprint density at radius 1 is 1.33 bits per heavy atom. The van der Waals surface area contributed by atoms with Crippen molar-refractivity contribution in [3.63, 3.8) is 0 Å². The Labute approximate surface area is 122 Å². The van der Waals surface area contributed by atoms with Crippen molar-refractivity contribution in [2.75, 3.05) is 13.4 Å².